The van der Waals surface area contributed by atoms with Crippen molar-refractivity contribution in [3.05, 3.63) is 27.9 Å². The van der Waals surface area contributed by atoms with Crippen LogP contribution in [0.15, 0.2) is 11.0 Å². The molecular weight excluding hydrogens is 324 g/mol. The lowest BCUT2D eigenvalue weighted by Gasteiger charge is -2.11. The zero-order chi connectivity index (χ0) is 17.0. The Hall–Kier alpha value is -2.42. The van der Waals surface area contributed by atoms with Crippen molar-refractivity contribution >= 4 is 35.3 Å². The summed E-state index contributed by atoms with van der Waals surface area (Å²) in [4.78, 5) is 46.7. The molecule has 0 fully saturated rings. The summed E-state index contributed by atoms with van der Waals surface area (Å²) in [7, 11) is 1.16. The number of nitrogens with zero attached hydrogens (tertiary/aromatic N) is 1. The van der Waals surface area contributed by atoms with Gasteiger partial charge in [-0.25, -0.2) is 4.79 Å². The van der Waals surface area contributed by atoms with Crippen molar-refractivity contribution < 1.29 is 29.0 Å². The first-order valence-electron chi connectivity index (χ1n) is 6.77. The van der Waals surface area contributed by atoms with Crippen LogP contribution in [0.25, 0.3) is 0 Å². The predicted octanol–water partition coefficient (Wildman–Crippen LogP) is 1.45. The molecule has 9 heteroatoms. The summed E-state index contributed by atoms with van der Waals surface area (Å²) >= 11 is 1.16. The fourth-order valence-corrected chi connectivity index (χ4v) is 3.03. The molecule has 1 aromatic rings. The molecule has 1 aliphatic carbocycles. The molecule has 0 aliphatic heterocycles. The third kappa shape index (κ3) is 3.67. The molecule has 1 aromatic heterocycles. The number of hydrogen-bond acceptors (Lipinski definition) is 7. The van der Waals surface area contributed by atoms with Gasteiger partial charge in [0.05, 0.1) is 17.6 Å². The number of esters is 1. The second-order valence-corrected chi connectivity index (χ2v) is 5.85. The minimum Gasteiger partial charge on any atom is -0.481 e. The van der Waals surface area contributed by atoms with E-state index in [0.717, 1.165) is 18.9 Å². The molecule has 2 rings (SSSR count). The van der Waals surface area contributed by atoms with Gasteiger partial charge in [-0.2, -0.15) is 5.10 Å². The molecule has 0 aromatic carbocycles. The first-order chi connectivity index (χ1) is 11.0. The van der Waals surface area contributed by atoms with Crippen molar-refractivity contribution in [1.82, 2.24) is 10.2 Å². The van der Waals surface area contributed by atoms with E-state index in [1.807, 2.05) is 0 Å². The maximum atomic E-state index is 12.4. The summed E-state index contributed by atoms with van der Waals surface area (Å²) in [6.07, 6.45) is 2.34. The second-order valence-electron chi connectivity index (χ2n) is 4.72. The van der Waals surface area contributed by atoms with Crippen LogP contribution in [0.2, 0.25) is 0 Å². The van der Waals surface area contributed by atoms with Crippen LogP contribution in [0.3, 0.4) is 0 Å². The van der Waals surface area contributed by atoms with Crippen LogP contribution in [0, 0.1) is 0 Å². The first kappa shape index (κ1) is 16.9. The molecule has 0 spiro atoms. The van der Waals surface area contributed by atoms with Crippen molar-refractivity contribution in [3.63, 3.8) is 0 Å². The predicted molar refractivity (Wildman–Crippen MR) is 80.6 cm³/mol. The lowest BCUT2D eigenvalue weighted by molar-refractivity contribution is -0.137. The molecule has 0 amide bonds. The van der Waals surface area contributed by atoms with E-state index in [1.165, 1.54) is 6.08 Å². The number of ether oxygens (including phenoxy) is 1. The number of thioether (sulfide) groups is 1. The van der Waals surface area contributed by atoms with Gasteiger partial charge in [-0.15, -0.1) is 11.8 Å². The molecule has 0 unspecified atom stereocenters. The molecule has 1 heterocycles. The van der Waals surface area contributed by atoms with Gasteiger partial charge in [-0.3, -0.25) is 19.5 Å². The molecule has 0 radical (unpaired) electrons. The van der Waals surface area contributed by atoms with E-state index in [4.69, 9.17) is 5.11 Å². The summed E-state index contributed by atoms with van der Waals surface area (Å²) in [6.45, 7) is 0. The van der Waals surface area contributed by atoms with Crippen LogP contribution in [0.1, 0.15) is 50.6 Å². The summed E-state index contributed by atoms with van der Waals surface area (Å²) in [5.74, 6) is -2.06. The summed E-state index contributed by atoms with van der Waals surface area (Å²) in [6, 6.07) is 0. The number of H-pyrrole nitrogens is 1. The van der Waals surface area contributed by atoms with Crippen LogP contribution in [-0.2, 0) is 9.53 Å². The number of hydrogen-bond donors (Lipinski definition) is 2. The highest BCUT2D eigenvalue weighted by molar-refractivity contribution is 8.04. The van der Waals surface area contributed by atoms with Gasteiger partial charge in [0.2, 0.25) is 11.6 Å². The quantitative estimate of drug-likeness (QED) is 0.565. The molecule has 0 atom stereocenters. The third-order valence-electron chi connectivity index (χ3n) is 3.15. The van der Waals surface area contributed by atoms with E-state index in [0.29, 0.717) is 18.6 Å². The SMILES string of the molecule is COC(=O)c1n[nH]c2c1C(=O)C(SCCCCC(=O)O)=CC2=O. The van der Waals surface area contributed by atoms with E-state index in [-0.39, 0.29) is 28.3 Å². The maximum absolute atomic E-state index is 12.4. The highest BCUT2D eigenvalue weighted by Crippen LogP contribution is 2.30. The van der Waals surface area contributed by atoms with Crippen molar-refractivity contribution in [1.29, 1.82) is 0 Å². The summed E-state index contributed by atoms with van der Waals surface area (Å²) in [5, 5.41) is 14.6. The number of aromatic amines is 1. The number of Topliss-reactive ketones (excluding diaryl/α,β-unsaturated/α-hetero) is 1. The highest BCUT2D eigenvalue weighted by Gasteiger charge is 2.34. The Morgan fingerprint density at radius 2 is 2.09 bits per heavy atom. The number of carbonyl (C=O) groups is 4. The van der Waals surface area contributed by atoms with Crippen LogP contribution in [0.5, 0.6) is 0 Å². The van der Waals surface area contributed by atoms with Gasteiger partial charge in [0.1, 0.15) is 5.69 Å². The number of carbonyl (C=O) groups excluding carboxylic acids is 3. The van der Waals surface area contributed by atoms with Crippen molar-refractivity contribution in [2.45, 2.75) is 19.3 Å². The normalized spacial score (nSPS) is 13.5. The molecule has 0 saturated heterocycles. The Kier molecular flexibility index (Phi) is 5.32. The fourth-order valence-electron chi connectivity index (χ4n) is 2.03. The molecule has 8 nitrogen and oxygen atoms in total. The lowest BCUT2D eigenvalue weighted by atomic mass is 9.99. The second kappa shape index (κ2) is 7.23. The van der Waals surface area contributed by atoms with Crippen LogP contribution < -0.4 is 0 Å². The number of carboxylic acids is 1. The minimum absolute atomic E-state index is 0.0226. The van der Waals surface area contributed by atoms with E-state index in [1.54, 1.807) is 0 Å². The number of aliphatic carboxylic acids is 1. The van der Waals surface area contributed by atoms with Gasteiger partial charge >= 0.3 is 11.9 Å². The Labute approximate surface area is 135 Å². The molecule has 0 saturated carbocycles. The summed E-state index contributed by atoms with van der Waals surface area (Å²) in [5.41, 5.74) is -0.305. The van der Waals surface area contributed by atoms with E-state index >= 15 is 0 Å². The number of ketones is 2. The van der Waals surface area contributed by atoms with Gasteiger partial charge in [0.15, 0.2) is 5.69 Å². The highest BCUT2D eigenvalue weighted by atomic mass is 32.2. The Balaban J connectivity index is 2.09. The fraction of sp³-hybridized carbons (Fsp3) is 0.357. The third-order valence-corrected chi connectivity index (χ3v) is 4.25. The average molecular weight is 338 g/mol. The zero-order valence-electron chi connectivity index (χ0n) is 12.2. The molecule has 2 N–H and O–H groups in total. The number of carboxylic acid groups (broad SMARTS) is 1. The standard InChI is InChI=1S/C14H14N2O6S/c1-22-14(21)12-10-11(15-16-12)7(17)6-8(13(10)20)23-5-3-2-4-9(18)19/h6H,2-5H2,1H3,(H,15,16)(H,18,19). The van der Waals surface area contributed by atoms with E-state index in [9.17, 15) is 19.2 Å². The number of fused-ring (bicyclic) bond motifs is 1. The molecule has 23 heavy (non-hydrogen) atoms. The van der Waals surface area contributed by atoms with E-state index in [2.05, 4.69) is 14.9 Å². The number of rotatable bonds is 7. The van der Waals surface area contributed by atoms with Gasteiger partial charge in [0.25, 0.3) is 0 Å². The Morgan fingerprint density at radius 1 is 1.35 bits per heavy atom. The smallest absolute Gasteiger partial charge is 0.359 e. The van der Waals surface area contributed by atoms with Crippen LogP contribution >= 0.6 is 11.8 Å². The maximum Gasteiger partial charge on any atom is 0.359 e. The van der Waals surface area contributed by atoms with Crippen LogP contribution in [-0.4, -0.2) is 51.7 Å². The topological polar surface area (TPSA) is 126 Å². The molecule has 122 valence electrons. The zero-order valence-corrected chi connectivity index (χ0v) is 13.1. The van der Waals surface area contributed by atoms with Gasteiger partial charge in [-0.05, 0) is 18.6 Å². The summed E-state index contributed by atoms with van der Waals surface area (Å²) < 4.78 is 4.55. The van der Waals surface area contributed by atoms with Gasteiger partial charge < -0.3 is 9.84 Å². The van der Waals surface area contributed by atoms with Crippen molar-refractivity contribution in [2.24, 2.45) is 0 Å². The number of methoxy groups -OCH3 is 1. The molecule has 0 bridgehead atoms. The lowest BCUT2D eigenvalue weighted by Crippen LogP contribution is -2.18. The Morgan fingerprint density at radius 3 is 2.74 bits per heavy atom. The minimum atomic E-state index is -0.871. The number of allylic oxidation sites excluding steroid dienone is 2. The van der Waals surface area contributed by atoms with Gasteiger partial charge in [0, 0.05) is 12.5 Å². The van der Waals surface area contributed by atoms with Crippen LogP contribution in [0.4, 0.5) is 0 Å². The largest absolute Gasteiger partial charge is 0.481 e. The monoisotopic (exact) mass is 338 g/mol. The van der Waals surface area contributed by atoms with E-state index < -0.39 is 23.5 Å². The van der Waals surface area contributed by atoms with Gasteiger partial charge in [-0.1, -0.05) is 0 Å². The number of unbranched alkanes of at least 4 members (excludes halogenated alkanes) is 1. The Bertz CT molecular complexity index is 706. The first-order valence-corrected chi connectivity index (χ1v) is 7.76. The number of aromatic nitrogens is 2. The average Bonchev–Trinajstić information content (AvgIpc) is 2.96. The molecular formula is C14H14N2O6S. The van der Waals surface area contributed by atoms with Crippen molar-refractivity contribution in [3.8, 4) is 0 Å². The van der Waals surface area contributed by atoms with Crippen molar-refractivity contribution in [2.75, 3.05) is 12.9 Å². The number of nitrogens with one attached hydrogen (secondary N) is 1. The molecule has 1 aliphatic rings.